The van der Waals surface area contributed by atoms with Gasteiger partial charge in [-0.25, -0.2) is 9.78 Å². The third kappa shape index (κ3) is 4.76. The molecule has 0 saturated heterocycles. The van der Waals surface area contributed by atoms with Crippen LogP contribution in [0.5, 0.6) is 0 Å². The summed E-state index contributed by atoms with van der Waals surface area (Å²) in [5, 5.41) is 1.56. The van der Waals surface area contributed by atoms with Gasteiger partial charge in [-0.15, -0.1) is 0 Å². The lowest BCUT2D eigenvalue weighted by molar-refractivity contribution is 0.0476. The van der Waals surface area contributed by atoms with E-state index in [-0.39, 0.29) is 12.4 Å². The van der Waals surface area contributed by atoms with E-state index in [0.29, 0.717) is 37.8 Å². The van der Waals surface area contributed by atoms with E-state index in [1.807, 2.05) is 31.2 Å². The fraction of sp³-hybridized carbons (Fsp3) is 0.0800. The van der Waals surface area contributed by atoms with Crippen LogP contribution in [0, 0.1) is 6.92 Å². The first-order valence-electron chi connectivity index (χ1n) is 9.54. The van der Waals surface area contributed by atoms with Gasteiger partial charge in [-0.3, -0.25) is 4.79 Å². The molecule has 0 spiro atoms. The molecule has 0 amide bonds. The average molecular weight is 450 g/mol. The summed E-state index contributed by atoms with van der Waals surface area (Å²) in [6.07, 6.45) is 0. The van der Waals surface area contributed by atoms with E-state index in [9.17, 15) is 9.59 Å². The van der Waals surface area contributed by atoms with Gasteiger partial charge in [0, 0.05) is 26.6 Å². The lowest BCUT2D eigenvalue weighted by atomic mass is 10.0. The summed E-state index contributed by atoms with van der Waals surface area (Å²) in [5.41, 5.74) is 3.95. The summed E-state index contributed by atoms with van der Waals surface area (Å²) in [7, 11) is 0. The Kier molecular flexibility index (Phi) is 6.03. The van der Waals surface area contributed by atoms with Crippen LogP contribution in [0.3, 0.4) is 0 Å². The number of aryl methyl sites for hydroxylation is 1. The second kappa shape index (κ2) is 8.88. The van der Waals surface area contributed by atoms with Crippen molar-refractivity contribution in [1.82, 2.24) is 4.98 Å². The highest BCUT2D eigenvalue weighted by molar-refractivity contribution is 6.31. The van der Waals surface area contributed by atoms with Gasteiger partial charge in [0.2, 0.25) is 0 Å². The maximum Gasteiger partial charge on any atom is 0.339 e. The summed E-state index contributed by atoms with van der Waals surface area (Å²) < 4.78 is 5.34. The fourth-order valence-electron chi connectivity index (χ4n) is 3.17. The van der Waals surface area contributed by atoms with Crippen LogP contribution in [-0.4, -0.2) is 23.3 Å². The van der Waals surface area contributed by atoms with Crippen molar-refractivity contribution in [3.05, 3.63) is 99.5 Å². The Labute approximate surface area is 189 Å². The highest BCUT2D eigenvalue weighted by atomic mass is 35.5. The van der Waals surface area contributed by atoms with Crippen molar-refractivity contribution in [2.24, 2.45) is 0 Å². The second-order valence-electron chi connectivity index (χ2n) is 7.09. The molecule has 4 nitrogen and oxygen atoms in total. The number of hydrogen-bond donors (Lipinski definition) is 0. The van der Waals surface area contributed by atoms with Crippen LogP contribution in [0.4, 0.5) is 0 Å². The van der Waals surface area contributed by atoms with Gasteiger partial charge in [-0.1, -0.05) is 53.0 Å². The van der Waals surface area contributed by atoms with Gasteiger partial charge in [0.05, 0.1) is 16.8 Å². The molecule has 4 rings (SSSR count). The Balaban J connectivity index is 1.66. The molecule has 0 N–H and O–H groups in total. The average Bonchev–Trinajstić information content (AvgIpc) is 2.77. The fourth-order valence-corrected chi connectivity index (χ4v) is 3.47. The molecule has 0 aliphatic heterocycles. The van der Waals surface area contributed by atoms with Gasteiger partial charge in [0.15, 0.2) is 12.4 Å². The Hall–Kier alpha value is -3.21. The van der Waals surface area contributed by atoms with Gasteiger partial charge in [-0.05, 0) is 55.5 Å². The number of rotatable bonds is 5. The molecule has 154 valence electrons. The molecule has 3 aromatic carbocycles. The van der Waals surface area contributed by atoms with Gasteiger partial charge in [0.1, 0.15) is 0 Å². The van der Waals surface area contributed by atoms with E-state index < -0.39 is 5.97 Å². The first-order chi connectivity index (χ1) is 14.9. The van der Waals surface area contributed by atoms with Crippen LogP contribution in [0.25, 0.3) is 22.2 Å². The zero-order valence-corrected chi connectivity index (χ0v) is 18.1. The Morgan fingerprint density at radius 1 is 0.871 bits per heavy atom. The molecular formula is C25H17Cl2NO3. The summed E-state index contributed by atoms with van der Waals surface area (Å²) in [5.74, 6) is -0.939. The molecule has 1 heterocycles. The van der Waals surface area contributed by atoms with Gasteiger partial charge in [0.25, 0.3) is 0 Å². The molecule has 0 atom stereocenters. The summed E-state index contributed by atoms with van der Waals surface area (Å²) >= 11 is 12.0. The van der Waals surface area contributed by atoms with Crippen LogP contribution in [0.1, 0.15) is 26.3 Å². The van der Waals surface area contributed by atoms with Gasteiger partial charge < -0.3 is 4.74 Å². The minimum absolute atomic E-state index is 0.298. The van der Waals surface area contributed by atoms with Crippen LogP contribution in [0.2, 0.25) is 10.0 Å². The molecule has 4 aromatic rings. The number of ether oxygens (including phenoxy) is 1. The van der Waals surface area contributed by atoms with Crippen molar-refractivity contribution >= 4 is 45.9 Å². The molecule has 6 heteroatoms. The van der Waals surface area contributed by atoms with E-state index in [2.05, 4.69) is 4.98 Å². The van der Waals surface area contributed by atoms with E-state index in [1.165, 1.54) is 0 Å². The van der Waals surface area contributed by atoms with Crippen LogP contribution >= 0.6 is 23.2 Å². The largest absolute Gasteiger partial charge is 0.454 e. The Morgan fingerprint density at radius 3 is 2.26 bits per heavy atom. The molecule has 0 saturated carbocycles. The normalized spacial score (nSPS) is 10.8. The Morgan fingerprint density at radius 2 is 1.55 bits per heavy atom. The summed E-state index contributed by atoms with van der Waals surface area (Å²) in [4.78, 5) is 30.0. The minimum Gasteiger partial charge on any atom is -0.454 e. The topological polar surface area (TPSA) is 56.3 Å². The maximum absolute atomic E-state index is 12.9. The van der Waals surface area contributed by atoms with E-state index in [1.54, 1.807) is 48.5 Å². The molecule has 1 aromatic heterocycles. The number of halogens is 2. The maximum atomic E-state index is 12.9. The molecule has 0 radical (unpaired) electrons. The van der Waals surface area contributed by atoms with Crippen molar-refractivity contribution in [2.75, 3.05) is 6.61 Å². The van der Waals surface area contributed by atoms with Crippen molar-refractivity contribution < 1.29 is 14.3 Å². The zero-order valence-electron chi connectivity index (χ0n) is 16.6. The summed E-state index contributed by atoms with van der Waals surface area (Å²) in [6.45, 7) is 1.62. The smallest absolute Gasteiger partial charge is 0.339 e. The Bertz CT molecular complexity index is 1280. The minimum atomic E-state index is -0.620. The quantitative estimate of drug-likeness (QED) is 0.255. The number of pyridine rings is 1. The number of ketones is 1. The number of fused-ring (bicyclic) bond motifs is 1. The first kappa shape index (κ1) is 21.0. The number of nitrogens with zero attached hydrogens (tertiary/aromatic N) is 1. The highest BCUT2D eigenvalue weighted by Crippen LogP contribution is 2.28. The van der Waals surface area contributed by atoms with Crippen molar-refractivity contribution in [2.45, 2.75) is 6.92 Å². The van der Waals surface area contributed by atoms with Gasteiger partial charge in [-0.2, -0.15) is 0 Å². The number of esters is 1. The molecule has 0 bridgehead atoms. The lowest BCUT2D eigenvalue weighted by Crippen LogP contribution is -2.15. The van der Waals surface area contributed by atoms with E-state index in [4.69, 9.17) is 27.9 Å². The summed E-state index contributed by atoms with van der Waals surface area (Å²) in [6, 6.07) is 21.1. The predicted molar refractivity (Wildman–Crippen MR) is 123 cm³/mol. The predicted octanol–water partition coefficient (Wildman–Crippen LogP) is 6.56. The number of carbonyl (C=O) groups excluding carboxylic acids is 2. The number of carbonyl (C=O) groups is 2. The van der Waals surface area contributed by atoms with E-state index in [0.717, 1.165) is 11.1 Å². The third-order valence-corrected chi connectivity index (χ3v) is 5.33. The monoisotopic (exact) mass is 449 g/mol. The van der Waals surface area contributed by atoms with E-state index >= 15 is 0 Å². The lowest BCUT2D eigenvalue weighted by Gasteiger charge is -2.11. The van der Waals surface area contributed by atoms with Crippen molar-refractivity contribution in [3.63, 3.8) is 0 Å². The van der Waals surface area contributed by atoms with Crippen molar-refractivity contribution in [3.8, 4) is 11.3 Å². The number of benzene rings is 3. The molecule has 0 aliphatic carbocycles. The first-order valence-corrected chi connectivity index (χ1v) is 10.3. The molecular weight excluding hydrogens is 433 g/mol. The number of aromatic nitrogens is 1. The van der Waals surface area contributed by atoms with Gasteiger partial charge >= 0.3 is 5.97 Å². The number of Topliss-reactive ketones (excluding diaryl/α,β-unsaturated/α-hetero) is 1. The zero-order chi connectivity index (χ0) is 22.0. The number of hydrogen-bond acceptors (Lipinski definition) is 4. The highest BCUT2D eigenvalue weighted by Gasteiger charge is 2.17. The second-order valence-corrected chi connectivity index (χ2v) is 7.96. The standard InChI is InChI=1S/C25H17Cl2NO3/c1-15-2-4-16(5-3-15)23-13-21(20-12-19(27)10-11-22(20)28-23)25(30)31-14-24(29)17-6-8-18(26)9-7-17/h2-13H,14H2,1H3. The van der Waals surface area contributed by atoms with Crippen LogP contribution in [-0.2, 0) is 4.74 Å². The van der Waals surface area contributed by atoms with Crippen LogP contribution in [0.15, 0.2) is 72.8 Å². The van der Waals surface area contributed by atoms with Crippen LogP contribution < -0.4 is 0 Å². The third-order valence-electron chi connectivity index (χ3n) is 4.84. The molecule has 0 aliphatic rings. The molecule has 31 heavy (non-hydrogen) atoms. The SMILES string of the molecule is Cc1ccc(-c2cc(C(=O)OCC(=O)c3ccc(Cl)cc3)c3cc(Cl)ccc3n2)cc1. The molecule has 0 fully saturated rings. The molecule has 0 unspecified atom stereocenters. The van der Waals surface area contributed by atoms with Crippen molar-refractivity contribution in [1.29, 1.82) is 0 Å².